The van der Waals surface area contributed by atoms with E-state index in [0.717, 1.165) is 12.8 Å². The molecule has 0 saturated carbocycles. The van der Waals surface area contributed by atoms with Crippen molar-refractivity contribution in [1.29, 1.82) is 0 Å². The Balaban J connectivity index is 2.76. The zero-order valence-corrected chi connectivity index (χ0v) is 7.06. The fourth-order valence-corrected chi connectivity index (χ4v) is 1.25. The Kier molecular flexibility index (Phi) is 2.66. The lowest BCUT2D eigenvalue weighted by atomic mass is 9.95. The number of hydrogen-bond donors (Lipinski definition) is 1. The van der Waals surface area contributed by atoms with Gasteiger partial charge in [0.25, 0.3) is 0 Å². The summed E-state index contributed by atoms with van der Waals surface area (Å²) in [6.07, 6.45) is 6.60. The lowest BCUT2D eigenvalue weighted by molar-refractivity contribution is 0.940. The molecule has 11 heavy (non-hydrogen) atoms. The first-order chi connectivity index (χ1) is 5.24. The molecule has 0 aromatic rings. The molecule has 0 fully saturated rings. The van der Waals surface area contributed by atoms with Gasteiger partial charge in [-0.1, -0.05) is 24.3 Å². The van der Waals surface area contributed by atoms with Crippen LogP contribution < -0.4 is 5.73 Å². The van der Waals surface area contributed by atoms with Crippen molar-refractivity contribution in [2.24, 2.45) is 5.73 Å². The van der Waals surface area contributed by atoms with Crippen LogP contribution in [0.15, 0.2) is 35.5 Å². The van der Waals surface area contributed by atoms with Gasteiger partial charge in [-0.15, -0.1) is 0 Å². The van der Waals surface area contributed by atoms with Gasteiger partial charge in [0.2, 0.25) is 0 Å². The summed E-state index contributed by atoms with van der Waals surface area (Å²) in [4.78, 5) is 0. The molecule has 1 aliphatic carbocycles. The summed E-state index contributed by atoms with van der Waals surface area (Å²) in [7, 11) is 0. The minimum atomic E-state index is 0.650. The molecule has 1 rings (SSSR count). The van der Waals surface area contributed by atoms with Crippen molar-refractivity contribution >= 4 is 0 Å². The minimum absolute atomic E-state index is 0.650. The second kappa shape index (κ2) is 3.54. The molecule has 0 heterocycles. The van der Waals surface area contributed by atoms with Crippen LogP contribution in [0.3, 0.4) is 0 Å². The van der Waals surface area contributed by atoms with Gasteiger partial charge in [0.1, 0.15) is 0 Å². The Hall–Kier alpha value is -0.820. The highest BCUT2D eigenvalue weighted by atomic mass is 14.5. The zero-order valence-electron chi connectivity index (χ0n) is 7.06. The van der Waals surface area contributed by atoms with Crippen molar-refractivity contribution in [2.75, 3.05) is 6.54 Å². The van der Waals surface area contributed by atoms with Gasteiger partial charge >= 0.3 is 0 Å². The van der Waals surface area contributed by atoms with Gasteiger partial charge in [0.05, 0.1) is 0 Å². The first-order valence-electron chi connectivity index (χ1n) is 3.99. The van der Waals surface area contributed by atoms with E-state index in [1.807, 2.05) is 6.92 Å². The topological polar surface area (TPSA) is 26.0 Å². The molecular weight excluding hydrogens is 134 g/mol. The Morgan fingerprint density at radius 3 is 3.00 bits per heavy atom. The van der Waals surface area contributed by atoms with Crippen LogP contribution in [0.4, 0.5) is 0 Å². The van der Waals surface area contributed by atoms with Crippen molar-refractivity contribution in [3.05, 3.63) is 35.5 Å². The second-order valence-electron chi connectivity index (χ2n) is 2.97. The highest BCUT2D eigenvalue weighted by molar-refractivity contribution is 5.38. The highest BCUT2D eigenvalue weighted by Gasteiger charge is 2.03. The summed E-state index contributed by atoms with van der Waals surface area (Å²) >= 11 is 0. The molecule has 2 N–H and O–H groups in total. The molecule has 0 spiro atoms. The van der Waals surface area contributed by atoms with E-state index in [1.54, 1.807) is 0 Å². The van der Waals surface area contributed by atoms with Crippen molar-refractivity contribution in [3.8, 4) is 0 Å². The molecule has 0 radical (unpaired) electrons. The van der Waals surface area contributed by atoms with E-state index in [2.05, 4.69) is 18.7 Å². The standard InChI is InChI=1S/C10H15N/c1-8(2)10-5-3-4-9(6-10)7-11/h4,6H,1,3,5,7,11H2,2H3. The molecule has 0 atom stereocenters. The SMILES string of the molecule is C=C(C)C1=CC(CN)=CCC1. The molecule has 0 aromatic heterocycles. The van der Waals surface area contributed by atoms with Crippen LogP contribution >= 0.6 is 0 Å². The molecular formula is C10H15N. The summed E-state index contributed by atoms with van der Waals surface area (Å²) in [5, 5.41) is 0. The van der Waals surface area contributed by atoms with Crippen LogP contribution in [-0.4, -0.2) is 6.54 Å². The third kappa shape index (κ3) is 2.05. The third-order valence-electron chi connectivity index (χ3n) is 1.96. The second-order valence-corrected chi connectivity index (χ2v) is 2.97. The van der Waals surface area contributed by atoms with Crippen LogP contribution in [0, 0.1) is 0 Å². The molecule has 0 bridgehead atoms. The average molecular weight is 149 g/mol. The van der Waals surface area contributed by atoms with Crippen LogP contribution in [0.2, 0.25) is 0 Å². The minimum Gasteiger partial charge on any atom is -0.327 e. The maximum Gasteiger partial charge on any atom is 0.0175 e. The van der Waals surface area contributed by atoms with Gasteiger partial charge in [0.15, 0.2) is 0 Å². The van der Waals surface area contributed by atoms with E-state index in [4.69, 9.17) is 5.73 Å². The van der Waals surface area contributed by atoms with Crippen LogP contribution in [-0.2, 0) is 0 Å². The lowest BCUT2D eigenvalue weighted by Gasteiger charge is -2.12. The molecule has 0 aliphatic heterocycles. The maximum atomic E-state index is 5.52. The number of nitrogens with two attached hydrogens (primary N) is 1. The van der Waals surface area contributed by atoms with Gasteiger partial charge in [-0.25, -0.2) is 0 Å². The molecule has 0 unspecified atom stereocenters. The first-order valence-corrected chi connectivity index (χ1v) is 3.99. The molecule has 0 amide bonds. The van der Waals surface area contributed by atoms with Crippen LogP contribution in [0.1, 0.15) is 19.8 Å². The molecule has 1 nitrogen and oxygen atoms in total. The molecule has 1 heteroatoms. The summed E-state index contributed by atoms with van der Waals surface area (Å²) in [6.45, 7) is 6.61. The predicted octanol–water partition coefficient (Wildman–Crippen LogP) is 2.17. The maximum absolute atomic E-state index is 5.52. The Morgan fingerprint density at radius 2 is 2.45 bits per heavy atom. The zero-order chi connectivity index (χ0) is 8.27. The number of rotatable bonds is 2. The van der Waals surface area contributed by atoms with Crippen LogP contribution in [0.5, 0.6) is 0 Å². The normalized spacial score (nSPS) is 17.3. The van der Waals surface area contributed by atoms with Crippen molar-refractivity contribution in [1.82, 2.24) is 0 Å². The van der Waals surface area contributed by atoms with E-state index in [0.29, 0.717) is 6.54 Å². The lowest BCUT2D eigenvalue weighted by Crippen LogP contribution is -2.04. The van der Waals surface area contributed by atoms with Crippen molar-refractivity contribution < 1.29 is 0 Å². The van der Waals surface area contributed by atoms with E-state index < -0.39 is 0 Å². The van der Waals surface area contributed by atoms with Crippen molar-refractivity contribution in [2.45, 2.75) is 19.8 Å². The Labute approximate surface area is 68.3 Å². The van der Waals surface area contributed by atoms with E-state index in [9.17, 15) is 0 Å². The quantitative estimate of drug-likeness (QED) is 0.639. The Morgan fingerprint density at radius 1 is 1.73 bits per heavy atom. The summed E-state index contributed by atoms with van der Waals surface area (Å²) in [6, 6.07) is 0. The number of allylic oxidation sites excluding steroid dienone is 3. The van der Waals surface area contributed by atoms with Gasteiger partial charge in [-0.2, -0.15) is 0 Å². The highest BCUT2D eigenvalue weighted by Crippen LogP contribution is 2.21. The van der Waals surface area contributed by atoms with E-state index in [-0.39, 0.29) is 0 Å². The third-order valence-corrected chi connectivity index (χ3v) is 1.96. The van der Waals surface area contributed by atoms with Gasteiger partial charge in [-0.3, -0.25) is 0 Å². The Bertz CT molecular complexity index is 221. The average Bonchev–Trinajstić information content (AvgIpc) is 2.05. The van der Waals surface area contributed by atoms with Crippen molar-refractivity contribution in [3.63, 3.8) is 0 Å². The van der Waals surface area contributed by atoms with Gasteiger partial charge < -0.3 is 5.73 Å². The predicted molar refractivity (Wildman–Crippen MR) is 49.3 cm³/mol. The summed E-state index contributed by atoms with van der Waals surface area (Å²) in [5.41, 5.74) is 9.29. The molecule has 1 aliphatic rings. The molecule has 60 valence electrons. The summed E-state index contributed by atoms with van der Waals surface area (Å²) in [5.74, 6) is 0. The smallest absolute Gasteiger partial charge is 0.0175 e. The fraction of sp³-hybridized carbons (Fsp3) is 0.400. The van der Waals surface area contributed by atoms with E-state index in [1.165, 1.54) is 16.7 Å². The van der Waals surface area contributed by atoms with Gasteiger partial charge in [0, 0.05) is 6.54 Å². The van der Waals surface area contributed by atoms with Gasteiger partial charge in [-0.05, 0) is 30.9 Å². The largest absolute Gasteiger partial charge is 0.327 e. The van der Waals surface area contributed by atoms with Crippen LogP contribution in [0.25, 0.3) is 0 Å². The first kappa shape index (κ1) is 8.28. The number of hydrogen-bond acceptors (Lipinski definition) is 1. The van der Waals surface area contributed by atoms with E-state index >= 15 is 0 Å². The molecule has 0 aromatic carbocycles. The monoisotopic (exact) mass is 149 g/mol. The fourth-order valence-electron chi connectivity index (χ4n) is 1.25. The summed E-state index contributed by atoms with van der Waals surface area (Å²) < 4.78 is 0. The molecule has 0 saturated heterocycles.